The summed E-state index contributed by atoms with van der Waals surface area (Å²) in [6.07, 6.45) is 0. The van der Waals surface area contributed by atoms with Crippen molar-refractivity contribution in [3.8, 4) is 5.75 Å². The fourth-order valence-electron chi connectivity index (χ4n) is 3.03. The number of nitrogens with one attached hydrogen (secondary N) is 3. The fourth-order valence-corrected chi connectivity index (χ4v) is 3.20. The molecular formula is C24H23N3O3S. The summed E-state index contributed by atoms with van der Waals surface area (Å²) in [6, 6.07) is 26.3. The summed E-state index contributed by atoms with van der Waals surface area (Å²) in [6.45, 7) is 1.70. The van der Waals surface area contributed by atoms with E-state index in [1.807, 2.05) is 85.8 Å². The molecule has 158 valence electrons. The molecule has 7 heteroatoms. The first-order valence-corrected chi connectivity index (χ1v) is 10.1. The maximum absolute atomic E-state index is 12.9. The summed E-state index contributed by atoms with van der Waals surface area (Å²) in [5.74, 6) is -0.640. The van der Waals surface area contributed by atoms with Gasteiger partial charge in [-0.15, -0.1) is 0 Å². The third-order valence-corrected chi connectivity index (χ3v) is 4.74. The lowest BCUT2D eigenvalue weighted by atomic mass is 9.91. The van der Waals surface area contributed by atoms with Crippen LogP contribution in [0.5, 0.6) is 5.75 Å². The number of ether oxygens (including phenoxy) is 1. The van der Waals surface area contributed by atoms with Crippen LogP contribution in [0, 0.1) is 6.92 Å². The third-order valence-electron chi connectivity index (χ3n) is 4.53. The van der Waals surface area contributed by atoms with Gasteiger partial charge >= 0.3 is 0 Å². The van der Waals surface area contributed by atoms with Crippen molar-refractivity contribution in [2.24, 2.45) is 0 Å². The van der Waals surface area contributed by atoms with Gasteiger partial charge in [-0.3, -0.25) is 25.8 Å². The van der Waals surface area contributed by atoms with Crippen LogP contribution in [0.15, 0.2) is 84.9 Å². The van der Waals surface area contributed by atoms with Gasteiger partial charge in [0.15, 0.2) is 11.7 Å². The first-order valence-electron chi connectivity index (χ1n) is 9.72. The molecule has 0 fully saturated rings. The molecule has 3 rings (SSSR count). The van der Waals surface area contributed by atoms with Crippen LogP contribution in [0.2, 0.25) is 0 Å². The minimum absolute atomic E-state index is 0.0217. The molecule has 3 N–H and O–H groups in total. The second-order valence-electron chi connectivity index (χ2n) is 6.80. The van der Waals surface area contributed by atoms with Crippen molar-refractivity contribution in [3.05, 3.63) is 102 Å². The average molecular weight is 434 g/mol. The molecule has 0 saturated carbocycles. The molecular weight excluding hydrogens is 410 g/mol. The second-order valence-corrected chi connectivity index (χ2v) is 7.21. The first-order chi connectivity index (χ1) is 15.0. The standard InChI is InChI=1S/C24H23N3O3S/c1-17-10-8-9-15-20(17)30-16-21(28)25-24(31)27-26-23(29)22(18-11-4-2-5-12-18)19-13-6-3-7-14-19/h2-15,22H,16H2,1H3,(H,26,29)(H2,25,27,28,31). The van der Waals surface area contributed by atoms with E-state index in [1.165, 1.54) is 0 Å². The topological polar surface area (TPSA) is 79.5 Å². The highest BCUT2D eigenvalue weighted by molar-refractivity contribution is 7.80. The SMILES string of the molecule is Cc1ccccc1OCC(=O)NC(=S)NNC(=O)C(c1ccccc1)c1ccccc1. The number of thiocarbonyl (C=S) groups is 1. The molecule has 6 nitrogen and oxygen atoms in total. The van der Waals surface area contributed by atoms with Gasteiger partial charge in [0.05, 0.1) is 5.92 Å². The summed E-state index contributed by atoms with van der Waals surface area (Å²) < 4.78 is 5.49. The average Bonchev–Trinajstić information content (AvgIpc) is 2.79. The Balaban J connectivity index is 1.55. The molecule has 0 aliphatic heterocycles. The molecule has 0 heterocycles. The number of aryl methyl sites for hydroxylation is 1. The zero-order valence-electron chi connectivity index (χ0n) is 17.0. The van der Waals surface area contributed by atoms with E-state index in [9.17, 15) is 9.59 Å². The number of hydrogen-bond donors (Lipinski definition) is 3. The molecule has 0 aromatic heterocycles. The highest BCUT2D eigenvalue weighted by atomic mass is 32.1. The molecule has 0 aliphatic rings. The van der Waals surface area contributed by atoms with Gasteiger partial charge in [-0.2, -0.15) is 0 Å². The van der Waals surface area contributed by atoms with Gasteiger partial charge in [0.25, 0.3) is 5.91 Å². The van der Waals surface area contributed by atoms with Gasteiger partial charge < -0.3 is 4.74 Å². The van der Waals surface area contributed by atoms with E-state index in [-0.39, 0.29) is 17.6 Å². The fraction of sp³-hybridized carbons (Fsp3) is 0.125. The lowest BCUT2D eigenvalue weighted by Crippen LogP contribution is -2.50. The van der Waals surface area contributed by atoms with E-state index >= 15 is 0 Å². The molecule has 0 spiro atoms. The predicted molar refractivity (Wildman–Crippen MR) is 123 cm³/mol. The van der Waals surface area contributed by atoms with Crippen LogP contribution in [0.4, 0.5) is 0 Å². The zero-order chi connectivity index (χ0) is 22.1. The Kier molecular flexibility index (Phi) is 7.73. The largest absolute Gasteiger partial charge is 0.483 e. The molecule has 0 unspecified atom stereocenters. The Morgan fingerprint density at radius 2 is 1.39 bits per heavy atom. The van der Waals surface area contributed by atoms with E-state index in [2.05, 4.69) is 16.2 Å². The molecule has 0 bridgehead atoms. The molecule has 0 aliphatic carbocycles. The quantitative estimate of drug-likeness (QED) is 0.411. The number of amides is 2. The van der Waals surface area contributed by atoms with Crippen molar-refractivity contribution in [2.45, 2.75) is 12.8 Å². The number of benzene rings is 3. The normalized spacial score (nSPS) is 10.3. The first kappa shape index (κ1) is 22.0. The van der Waals surface area contributed by atoms with Crippen molar-refractivity contribution in [2.75, 3.05) is 6.61 Å². The molecule has 0 saturated heterocycles. The summed E-state index contributed by atoms with van der Waals surface area (Å²) in [5.41, 5.74) is 7.78. The van der Waals surface area contributed by atoms with E-state index in [1.54, 1.807) is 6.07 Å². The van der Waals surface area contributed by atoms with Gasteiger partial charge in [0.2, 0.25) is 5.91 Å². The Labute approximate surface area is 186 Å². The van der Waals surface area contributed by atoms with E-state index in [0.29, 0.717) is 5.75 Å². The summed E-state index contributed by atoms with van der Waals surface area (Å²) in [4.78, 5) is 25.0. The molecule has 2 amide bonds. The van der Waals surface area contributed by atoms with Crippen molar-refractivity contribution in [1.82, 2.24) is 16.2 Å². The van der Waals surface area contributed by atoms with Crippen LogP contribution in [-0.4, -0.2) is 23.5 Å². The smallest absolute Gasteiger partial charge is 0.264 e. The lowest BCUT2D eigenvalue weighted by molar-refractivity contribution is -0.123. The van der Waals surface area contributed by atoms with Gasteiger partial charge in [0.1, 0.15) is 5.75 Å². The van der Waals surface area contributed by atoms with Gasteiger partial charge in [-0.25, -0.2) is 0 Å². The number of carbonyl (C=O) groups excluding carboxylic acids is 2. The van der Waals surface area contributed by atoms with E-state index in [0.717, 1.165) is 16.7 Å². The molecule has 0 atom stereocenters. The monoisotopic (exact) mass is 433 g/mol. The van der Waals surface area contributed by atoms with E-state index < -0.39 is 11.8 Å². The maximum atomic E-state index is 12.9. The Hall–Kier alpha value is -3.71. The molecule has 3 aromatic rings. The van der Waals surface area contributed by atoms with Crippen LogP contribution in [0.3, 0.4) is 0 Å². The minimum atomic E-state index is -0.530. The molecule has 0 radical (unpaired) electrons. The number of carbonyl (C=O) groups is 2. The number of hydrazine groups is 1. The lowest BCUT2D eigenvalue weighted by Gasteiger charge is -2.19. The van der Waals surface area contributed by atoms with E-state index in [4.69, 9.17) is 17.0 Å². The Morgan fingerprint density at radius 1 is 0.839 bits per heavy atom. The molecule has 31 heavy (non-hydrogen) atoms. The van der Waals surface area contributed by atoms with Crippen LogP contribution in [0.25, 0.3) is 0 Å². The van der Waals surface area contributed by atoms with Gasteiger partial charge in [0, 0.05) is 0 Å². The van der Waals surface area contributed by atoms with Gasteiger partial charge in [-0.1, -0.05) is 78.9 Å². The Bertz CT molecular complexity index is 1000. The van der Waals surface area contributed by atoms with Crippen LogP contribution < -0.4 is 20.9 Å². The number of para-hydroxylation sites is 1. The second kappa shape index (κ2) is 10.9. The van der Waals surface area contributed by atoms with Crippen molar-refractivity contribution >= 4 is 29.1 Å². The highest BCUT2D eigenvalue weighted by Gasteiger charge is 2.22. The zero-order valence-corrected chi connectivity index (χ0v) is 17.8. The van der Waals surface area contributed by atoms with Crippen molar-refractivity contribution < 1.29 is 14.3 Å². The van der Waals surface area contributed by atoms with Crippen molar-refractivity contribution in [1.29, 1.82) is 0 Å². The van der Waals surface area contributed by atoms with Crippen molar-refractivity contribution in [3.63, 3.8) is 0 Å². The number of hydrogen-bond acceptors (Lipinski definition) is 4. The molecule has 3 aromatic carbocycles. The Morgan fingerprint density at radius 3 is 1.97 bits per heavy atom. The third kappa shape index (κ3) is 6.38. The summed E-state index contributed by atoms with van der Waals surface area (Å²) in [5, 5.41) is 2.46. The number of rotatable bonds is 6. The predicted octanol–water partition coefficient (Wildman–Crippen LogP) is 3.23. The summed E-state index contributed by atoms with van der Waals surface area (Å²) >= 11 is 5.11. The van der Waals surface area contributed by atoms with Gasteiger partial charge in [-0.05, 0) is 41.9 Å². The summed E-state index contributed by atoms with van der Waals surface area (Å²) in [7, 11) is 0. The minimum Gasteiger partial charge on any atom is -0.483 e. The van der Waals surface area contributed by atoms with Crippen LogP contribution >= 0.6 is 12.2 Å². The van der Waals surface area contributed by atoms with Crippen LogP contribution in [0.1, 0.15) is 22.6 Å². The van der Waals surface area contributed by atoms with Crippen LogP contribution in [-0.2, 0) is 9.59 Å². The maximum Gasteiger partial charge on any atom is 0.264 e. The highest BCUT2D eigenvalue weighted by Crippen LogP contribution is 2.24.